The van der Waals surface area contributed by atoms with Crippen molar-refractivity contribution in [2.24, 2.45) is 0 Å². The molecule has 1 N–H and O–H groups in total. The Labute approximate surface area is 112 Å². The number of nitrogens with zero attached hydrogens (tertiary/aromatic N) is 3. The molecule has 2 fully saturated rings. The number of hydrogen-bond acceptors (Lipinski definition) is 4. The van der Waals surface area contributed by atoms with Gasteiger partial charge in [-0.05, 0) is 39.0 Å². The van der Waals surface area contributed by atoms with E-state index in [0.717, 1.165) is 11.6 Å². The van der Waals surface area contributed by atoms with Crippen LogP contribution in [0.3, 0.4) is 0 Å². The highest BCUT2D eigenvalue weighted by Crippen LogP contribution is 2.46. The predicted molar refractivity (Wildman–Crippen MR) is 71.9 cm³/mol. The van der Waals surface area contributed by atoms with Gasteiger partial charge in [0.25, 0.3) is 0 Å². The molecule has 0 aliphatic heterocycles. The van der Waals surface area contributed by atoms with Gasteiger partial charge in [0.1, 0.15) is 5.82 Å². The summed E-state index contributed by atoms with van der Waals surface area (Å²) in [5.74, 6) is 2.54. The van der Waals surface area contributed by atoms with E-state index in [1.807, 2.05) is 13.8 Å². The van der Waals surface area contributed by atoms with Gasteiger partial charge < -0.3 is 9.67 Å². The Morgan fingerprint density at radius 1 is 1.33 bits per heavy atom. The third-order valence-corrected chi connectivity index (χ3v) is 5.12. The first kappa shape index (κ1) is 12.5. The fourth-order valence-electron chi connectivity index (χ4n) is 2.00. The van der Waals surface area contributed by atoms with Gasteiger partial charge in [-0.1, -0.05) is 18.7 Å². The van der Waals surface area contributed by atoms with Crippen LogP contribution >= 0.6 is 11.8 Å². The molecule has 1 heterocycles. The molecule has 3 rings (SSSR count). The first-order chi connectivity index (χ1) is 8.61. The highest BCUT2D eigenvalue weighted by Gasteiger charge is 2.36. The van der Waals surface area contributed by atoms with Crippen LogP contribution in [0.25, 0.3) is 0 Å². The van der Waals surface area contributed by atoms with E-state index >= 15 is 0 Å². The fraction of sp³-hybridized carbons (Fsp3) is 0.846. The van der Waals surface area contributed by atoms with E-state index in [9.17, 15) is 5.11 Å². The van der Waals surface area contributed by atoms with Gasteiger partial charge in [0.05, 0.1) is 5.60 Å². The first-order valence-corrected chi connectivity index (χ1v) is 7.89. The molecule has 1 aromatic heterocycles. The van der Waals surface area contributed by atoms with E-state index in [-0.39, 0.29) is 0 Å². The summed E-state index contributed by atoms with van der Waals surface area (Å²) >= 11 is 1.65. The second-order valence-electron chi connectivity index (χ2n) is 5.86. The van der Waals surface area contributed by atoms with Crippen molar-refractivity contribution >= 4 is 11.8 Å². The predicted octanol–water partition coefficient (Wildman–Crippen LogP) is 2.74. The average Bonchev–Trinajstić information content (AvgIpc) is 3.25. The van der Waals surface area contributed by atoms with Crippen molar-refractivity contribution in [1.82, 2.24) is 14.8 Å². The quantitative estimate of drug-likeness (QED) is 0.805. The SMILES string of the molecule is CCC(C)(O)CSc1nnc(C2CC2)n1C1CC1. The number of rotatable bonds is 6. The van der Waals surface area contributed by atoms with Gasteiger partial charge in [-0.2, -0.15) is 0 Å². The summed E-state index contributed by atoms with van der Waals surface area (Å²) in [7, 11) is 0. The monoisotopic (exact) mass is 267 g/mol. The maximum Gasteiger partial charge on any atom is 0.191 e. The van der Waals surface area contributed by atoms with Crippen molar-refractivity contribution in [3.8, 4) is 0 Å². The topological polar surface area (TPSA) is 50.9 Å². The lowest BCUT2D eigenvalue weighted by Crippen LogP contribution is -2.26. The van der Waals surface area contributed by atoms with Crippen LogP contribution in [-0.2, 0) is 0 Å². The van der Waals surface area contributed by atoms with Crippen LogP contribution in [0.5, 0.6) is 0 Å². The van der Waals surface area contributed by atoms with Crippen LogP contribution < -0.4 is 0 Å². The van der Waals surface area contributed by atoms with Crippen LogP contribution in [0.15, 0.2) is 5.16 Å². The van der Waals surface area contributed by atoms with Gasteiger partial charge >= 0.3 is 0 Å². The van der Waals surface area contributed by atoms with Gasteiger partial charge in [0.2, 0.25) is 0 Å². The van der Waals surface area contributed by atoms with E-state index in [4.69, 9.17) is 0 Å². The molecule has 100 valence electrons. The Hall–Kier alpha value is -0.550. The summed E-state index contributed by atoms with van der Waals surface area (Å²) in [6.45, 7) is 3.90. The Kier molecular flexibility index (Phi) is 3.14. The molecule has 0 aromatic carbocycles. The Bertz CT molecular complexity index is 435. The molecule has 2 aliphatic rings. The first-order valence-electron chi connectivity index (χ1n) is 6.90. The molecule has 0 radical (unpaired) electrons. The maximum absolute atomic E-state index is 10.1. The third-order valence-electron chi connectivity index (χ3n) is 3.82. The highest BCUT2D eigenvalue weighted by atomic mass is 32.2. The molecule has 1 unspecified atom stereocenters. The number of thioether (sulfide) groups is 1. The van der Waals surface area contributed by atoms with Crippen molar-refractivity contribution in [2.75, 3.05) is 5.75 Å². The maximum atomic E-state index is 10.1. The lowest BCUT2D eigenvalue weighted by molar-refractivity contribution is 0.0815. The average molecular weight is 267 g/mol. The third kappa shape index (κ3) is 2.57. The van der Waals surface area contributed by atoms with Crippen LogP contribution in [-0.4, -0.2) is 31.2 Å². The van der Waals surface area contributed by atoms with Crippen molar-refractivity contribution < 1.29 is 5.11 Å². The normalized spacial score (nSPS) is 23.1. The lowest BCUT2D eigenvalue weighted by Gasteiger charge is -2.20. The molecule has 2 saturated carbocycles. The van der Waals surface area contributed by atoms with Crippen LogP contribution in [0.2, 0.25) is 0 Å². The standard InChI is InChI=1S/C13H21N3OS/c1-3-13(2,17)8-18-12-15-14-11(9-4-5-9)16(12)10-6-7-10/h9-10,17H,3-8H2,1-2H3. The van der Waals surface area contributed by atoms with E-state index < -0.39 is 5.60 Å². The molecule has 0 bridgehead atoms. The second-order valence-corrected chi connectivity index (χ2v) is 6.80. The second kappa shape index (κ2) is 4.53. The Balaban J connectivity index is 1.75. The van der Waals surface area contributed by atoms with Crippen molar-refractivity contribution in [2.45, 2.75) is 68.7 Å². The Morgan fingerprint density at radius 2 is 2.06 bits per heavy atom. The van der Waals surface area contributed by atoms with Crippen LogP contribution in [0.4, 0.5) is 0 Å². The molecule has 1 aromatic rings. The number of hydrogen-bond donors (Lipinski definition) is 1. The molecule has 5 heteroatoms. The van der Waals surface area contributed by atoms with Gasteiger partial charge in [-0.15, -0.1) is 10.2 Å². The summed E-state index contributed by atoms with van der Waals surface area (Å²) in [5.41, 5.74) is -0.606. The zero-order chi connectivity index (χ0) is 12.8. The number of aromatic nitrogens is 3. The van der Waals surface area contributed by atoms with Crippen LogP contribution in [0.1, 0.15) is 63.7 Å². The molecule has 0 saturated heterocycles. The fourth-order valence-corrected chi connectivity index (χ4v) is 3.13. The summed E-state index contributed by atoms with van der Waals surface area (Å²) in [4.78, 5) is 0. The minimum absolute atomic E-state index is 0.606. The molecule has 18 heavy (non-hydrogen) atoms. The molecular weight excluding hydrogens is 246 g/mol. The largest absolute Gasteiger partial charge is 0.389 e. The summed E-state index contributed by atoms with van der Waals surface area (Å²) in [6, 6.07) is 0.629. The van der Waals surface area contributed by atoms with Crippen molar-refractivity contribution in [1.29, 1.82) is 0 Å². The summed E-state index contributed by atoms with van der Waals surface area (Å²) in [5, 5.41) is 19.8. The van der Waals surface area contributed by atoms with E-state index in [0.29, 0.717) is 17.7 Å². The minimum Gasteiger partial charge on any atom is -0.389 e. The van der Waals surface area contributed by atoms with Gasteiger partial charge in [0.15, 0.2) is 5.16 Å². The molecule has 4 nitrogen and oxygen atoms in total. The molecule has 2 aliphatic carbocycles. The number of aliphatic hydroxyl groups is 1. The highest BCUT2D eigenvalue weighted by molar-refractivity contribution is 7.99. The molecule has 0 spiro atoms. The smallest absolute Gasteiger partial charge is 0.191 e. The molecule has 1 atom stereocenters. The molecule has 0 amide bonds. The van der Waals surface area contributed by atoms with E-state index in [2.05, 4.69) is 14.8 Å². The summed E-state index contributed by atoms with van der Waals surface area (Å²) < 4.78 is 2.34. The lowest BCUT2D eigenvalue weighted by atomic mass is 10.1. The molecular formula is C13H21N3OS. The van der Waals surface area contributed by atoms with Gasteiger partial charge in [-0.25, -0.2) is 0 Å². The van der Waals surface area contributed by atoms with E-state index in [1.165, 1.54) is 31.5 Å². The minimum atomic E-state index is -0.606. The zero-order valence-corrected chi connectivity index (χ0v) is 11.9. The summed E-state index contributed by atoms with van der Waals surface area (Å²) in [6.07, 6.45) is 5.82. The Morgan fingerprint density at radius 3 is 2.61 bits per heavy atom. The van der Waals surface area contributed by atoms with Gasteiger partial charge in [-0.3, -0.25) is 0 Å². The zero-order valence-electron chi connectivity index (χ0n) is 11.1. The van der Waals surface area contributed by atoms with Crippen LogP contribution in [0, 0.1) is 0 Å². The van der Waals surface area contributed by atoms with E-state index in [1.54, 1.807) is 11.8 Å². The van der Waals surface area contributed by atoms with Crippen molar-refractivity contribution in [3.63, 3.8) is 0 Å². The van der Waals surface area contributed by atoms with Gasteiger partial charge in [0, 0.05) is 17.7 Å². The van der Waals surface area contributed by atoms with Crippen molar-refractivity contribution in [3.05, 3.63) is 5.82 Å².